The first-order chi connectivity index (χ1) is 9.18. The van der Waals surface area contributed by atoms with Crippen molar-refractivity contribution in [1.29, 1.82) is 0 Å². The first-order valence-corrected chi connectivity index (χ1v) is 6.50. The van der Waals surface area contributed by atoms with Crippen molar-refractivity contribution in [1.82, 2.24) is 0 Å². The minimum atomic E-state index is -0.237. The van der Waals surface area contributed by atoms with Gasteiger partial charge in [-0.15, -0.1) is 0 Å². The van der Waals surface area contributed by atoms with Crippen LogP contribution in [0.5, 0.6) is 11.5 Å². The molecule has 1 aromatic carbocycles. The van der Waals surface area contributed by atoms with Gasteiger partial charge in [0.1, 0.15) is 0 Å². The van der Waals surface area contributed by atoms with Gasteiger partial charge in [0.15, 0.2) is 11.5 Å². The third-order valence-electron chi connectivity index (χ3n) is 4.18. The number of ether oxygens (including phenoxy) is 2. The number of carbonyl (C=O) groups is 1. The van der Waals surface area contributed by atoms with Crippen LogP contribution in [0.25, 0.3) is 0 Å². The SMILES string of the molecule is COc1cc2c(cc1OC)NC(=O)C1(CCC1)CN2. The quantitative estimate of drug-likeness (QED) is 0.858. The van der Waals surface area contributed by atoms with Gasteiger partial charge in [-0.3, -0.25) is 4.79 Å². The van der Waals surface area contributed by atoms with E-state index in [-0.39, 0.29) is 11.3 Å². The number of hydrogen-bond acceptors (Lipinski definition) is 4. The van der Waals surface area contributed by atoms with Crippen molar-refractivity contribution in [3.8, 4) is 11.5 Å². The van der Waals surface area contributed by atoms with Gasteiger partial charge in [-0.2, -0.15) is 0 Å². The van der Waals surface area contributed by atoms with E-state index >= 15 is 0 Å². The molecule has 1 heterocycles. The number of methoxy groups -OCH3 is 2. The van der Waals surface area contributed by atoms with Gasteiger partial charge >= 0.3 is 0 Å². The van der Waals surface area contributed by atoms with Crippen molar-refractivity contribution in [2.24, 2.45) is 5.41 Å². The zero-order valence-electron chi connectivity index (χ0n) is 11.2. The Morgan fingerprint density at radius 2 is 1.74 bits per heavy atom. The standard InChI is InChI=1S/C14H18N2O3/c1-18-11-6-9-10(7-12(11)19-2)16-13(17)14(8-15-9)4-3-5-14/h6-7,15H,3-5,8H2,1-2H3,(H,16,17). The summed E-state index contributed by atoms with van der Waals surface area (Å²) in [4.78, 5) is 12.3. The van der Waals surface area contributed by atoms with Gasteiger partial charge in [-0.25, -0.2) is 0 Å². The van der Waals surface area contributed by atoms with E-state index in [1.54, 1.807) is 20.3 Å². The average molecular weight is 262 g/mol. The molecule has 5 heteroatoms. The maximum atomic E-state index is 12.3. The number of nitrogens with one attached hydrogen (secondary N) is 2. The fourth-order valence-corrected chi connectivity index (χ4v) is 2.74. The first-order valence-electron chi connectivity index (χ1n) is 6.50. The second kappa shape index (κ2) is 4.33. The highest BCUT2D eigenvalue weighted by Crippen LogP contribution is 2.46. The molecule has 1 fully saturated rings. The zero-order chi connectivity index (χ0) is 13.5. The van der Waals surface area contributed by atoms with Crippen LogP contribution in [0.3, 0.4) is 0 Å². The molecule has 1 saturated carbocycles. The van der Waals surface area contributed by atoms with Crippen molar-refractivity contribution in [3.05, 3.63) is 12.1 Å². The fraction of sp³-hybridized carbons (Fsp3) is 0.500. The monoisotopic (exact) mass is 262 g/mol. The van der Waals surface area contributed by atoms with Gasteiger partial charge in [0.25, 0.3) is 0 Å². The second-order valence-electron chi connectivity index (χ2n) is 5.19. The third kappa shape index (κ3) is 1.80. The van der Waals surface area contributed by atoms with Gasteiger partial charge in [0.2, 0.25) is 5.91 Å². The Morgan fingerprint density at radius 1 is 1.11 bits per heavy atom. The average Bonchev–Trinajstić information content (AvgIpc) is 2.52. The summed E-state index contributed by atoms with van der Waals surface area (Å²) in [5.41, 5.74) is 1.40. The van der Waals surface area contributed by atoms with Crippen LogP contribution in [0.1, 0.15) is 19.3 Å². The number of hydrogen-bond donors (Lipinski definition) is 2. The first kappa shape index (κ1) is 12.1. The Labute approximate surface area is 112 Å². The largest absolute Gasteiger partial charge is 0.493 e. The van der Waals surface area contributed by atoms with E-state index < -0.39 is 0 Å². The van der Waals surface area contributed by atoms with Gasteiger partial charge in [-0.05, 0) is 12.8 Å². The predicted molar refractivity (Wildman–Crippen MR) is 72.9 cm³/mol. The van der Waals surface area contributed by atoms with Crippen LogP contribution in [0.15, 0.2) is 12.1 Å². The van der Waals surface area contributed by atoms with Crippen molar-refractivity contribution >= 4 is 17.3 Å². The summed E-state index contributed by atoms with van der Waals surface area (Å²) >= 11 is 0. The van der Waals surface area contributed by atoms with Crippen LogP contribution < -0.4 is 20.1 Å². The van der Waals surface area contributed by atoms with E-state index in [2.05, 4.69) is 10.6 Å². The molecule has 1 aliphatic heterocycles. The van der Waals surface area contributed by atoms with E-state index in [1.807, 2.05) is 6.07 Å². The fourth-order valence-electron chi connectivity index (χ4n) is 2.74. The van der Waals surface area contributed by atoms with Crippen molar-refractivity contribution < 1.29 is 14.3 Å². The van der Waals surface area contributed by atoms with Crippen LogP contribution in [-0.2, 0) is 4.79 Å². The van der Waals surface area contributed by atoms with Crippen LogP contribution >= 0.6 is 0 Å². The van der Waals surface area contributed by atoms with Crippen LogP contribution in [-0.4, -0.2) is 26.7 Å². The van der Waals surface area contributed by atoms with E-state index in [0.717, 1.165) is 30.6 Å². The van der Waals surface area contributed by atoms with Gasteiger partial charge in [-0.1, -0.05) is 6.42 Å². The third-order valence-corrected chi connectivity index (χ3v) is 4.18. The van der Waals surface area contributed by atoms with E-state index in [0.29, 0.717) is 18.0 Å². The predicted octanol–water partition coefficient (Wildman–Crippen LogP) is 2.24. The molecule has 1 aliphatic carbocycles. The van der Waals surface area contributed by atoms with Gasteiger partial charge < -0.3 is 20.1 Å². The van der Waals surface area contributed by atoms with Crippen molar-refractivity contribution in [2.75, 3.05) is 31.4 Å². The summed E-state index contributed by atoms with van der Waals surface area (Å²) in [6.45, 7) is 0.682. The van der Waals surface area contributed by atoms with Crippen LogP contribution in [0, 0.1) is 5.41 Å². The maximum absolute atomic E-state index is 12.3. The molecule has 5 nitrogen and oxygen atoms in total. The molecular weight excluding hydrogens is 244 g/mol. The summed E-state index contributed by atoms with van der Waals surface area (Å²) < 4.78 is 10.6. The molecule has 0 radical (unpaired) electrons. The van der Waals surface area contributed by atoms with Crippen LogP contribution in [0.4, 0.5) is 11.4 Å². The van der Waals surface area contributed by atoms with E-state index in [4.69, 9.17) is 9.47 Å². The molecule has 1 aromatic rings. The van der Waals surface area contributed by atoms with Gasteiger partial charge in [0, 0.05) is 18.7 Å². The molecule has 0 unspecified atom stereocenters. The molecule has 0 aromatic heterocycles. The Morgan fingerprint density at radius 3 is 2.26 bits per heavy atom. The highest BCUT2D eigenvalue weighted by atomic mass is 16.5. The van der Waals surface area contributed by atoms with E-state index in [1.165, 1.54) is 0 Å². The zero-order valence-corrected chi connectivity index (χ0v) is 11.2. The Bertz CT molecular complexity index is 524. The molecule has 3 rings (SSSR count). The Kier molecular flexibility index (Phi) is 2.77. The van der Waals surface area contributed by atoms with Crippen molar-refractivity contribution in [2.45, 2.75) is 19.3 Å². The minimum absolute atomic E-state index is 0.109. The lowest BCUT2D eigenvalue weighted by Gasteiger charge is -2.38. The highest BCUT2D eigenvalue weighted by molar-refractivity contribution is 6.01. The number of fused-ring (bicyclic) bond motifs is 1. The highest BCUT2D eigenvalue weighted by Gasteiger charge is 2.45. The van der Waals surface area contributed by atoms with Gasteiger partial charge in [0.05, 0.1) is 31.0 Å². The summed E-state index contributed by atoms with van der Waals surface area (Å²) in [5.74, 6) is 1.39. The molecule has 0 bridgehead atoms. The molecule has 1 spiro atoms. The molecule has 2 aliphatic rings. The Hall–Kier alpha value is -1.91. The molecule has 102 valence electrons. The molecule has 2 N–H and O–H groups in total. The lowest BCUT2D eigenvalue weighted by molar-refractivity contribution is -0.129. The summed E-state index contributed by atoms with van der Waals surface area (Å²) in [6.07, 6.45) is 3.03. The second-order valence-corrected chi connectivity index (χ2v) is 5.19. The van der Waals surface area contributed by atoms with Crippen LogP contribution in [0.2, 0.25) is 0 Å². The molecule has 19 heavy (non-hydrogen) atoms. The molecule has 1 amide bonds. The Balaban J connectivity index is 1.98. The number of anilines is 2. The van der Waals surface area contributed by atoms with Crippen molar-refractivity contribution in [3.63, 3.8) is 0 Å². The number of rotatable bonds is 2. The lowest BCUT2D eigenvalue weighted by atomic mass is 9.68. The molecular formula is C14H18N2O3. The summed E-state index contributed by atoms with van der Waals surface area (Å²) in [7, 11) is 3.19. The normalized spacial score (nSPS) is 19.6. The summed E-state index contributed by atoms with van der Waals surface area (Å²) in [6, 6.07) is 3.67. The maximum Gasteiger partial charge on any atom is 0.232 e. The van der Waals surface area contributed by atoms with E-state index in [9.17, 15) is 4.79 Å². The molecule has 0 saturated heterocycles. The summed E-state index contributed by atoms with van der Waals surface area (Å²) in [5, 5.41) is 6.36. The number of carbonyl (C=O) groups excluding carboxylic acids is 1. The minimum Gasteiger partial charge on any atom is -0.493 e. The smallest absolute Gasteiger partial charge is 0.232 e. The molecule has 0 atom stereocenters. The number of amides is 1. The topological polar surface area (TPSA) is 59.6 Å². The lowest BCUT2D eigenvalue weighted by Crippen LogP contribution is -2.45. The number of benzene rings is 1.